The molecule has 1 saturated heterocycles. The van der Waals surface area contributed by atoms with Gasteiger partial charge in [0.15, 0.2) is 0 Å². The molecule has 2 aliphatic rings. The van der Waals surface area contributed by atoms with Crippen LogP contribution in [0.25, 0.3) is 0 Å². The second kappa shape index (κ2) is 8.43. The maximum Gasteiger partial charge on any atom is 0.314 e. The fourth-order valence-electron chi connectivity index (χ4n) is 5.80. The summed E-state index contributed by atoms with van der Waals surface area (Å²) in [6, 6.07) is 18.8. The van der Waals surface area contributed by atoms with Crippen LogP contribution in [0.1, 0.15) is 50.2 Å². The molecule has 2 fully saturated rings. The lowest BCUT2D eigenvalue weighted by Gasteiger charge is -2.48. The van der Waals surface area contributed by atoms with E-state index in [1.54, 1.807) is 12.1 Å². The molecule has 4 nitrogen and oxygen atoms in total. The van der Waals surface area contributed by atoms with Gasteiger partial charge in [0.2, 0.25) is 0 Å². The van der Waals surface area contributed by atoms with Gasteiger partial charge in [0.25, 0.3) is 0 Å². The van der Waals surface area contributed by atoms with Crippen molar-refractivity contribution in [2.75, 3.05) is 13.1 Å². The molecule has 31 heavy (non-hydrogen) atoms. The van der Waals surface area contributed by atoms with E-state index >= 15 is 0 Å². The van der Waals surface area contributed by atoms with Crippen LogP contribution in [-0.4, -0.2) is 35.1 Å². The maximum absolute atomic E-state index is 13.3. The monoisotopic (exact) mass is 420 g/mol. The first-order valence-electron chi connectivity index (χ1n) is 11.1. The first kappa shape index (κ1) is 21.5. The van der Waals surface area contributed by atoms with E-state index < -0.39 is 16.8 Å². The molecule has 1 N–H and O–H groups in total. The number of likely N-dealkylation sites (tertiary alicyclic amines) is 1. The summed E-state index contributed by atoms with van der Waals surface area (Å²) >= 11 is 0. The molecule has 0 aromatic heterocycles. The Morgan fingerprint density at radius 3 is 2.26 bits per heavy atom. The van der Waals surface area contributed by atoms with Gasteiger partial charge in [0.1, 0.15) is 5.82 Å². The highest BCUT2D eigenvalue weighted by Crippen LogP contribution is 2.44. The Kier molecular flexibility index (Phi) is 5.85. The van der Waals surface area contributed by atoms with Gasteiger partial charge in [-0.1, -0.05) is 49.4 Å². The second-order valence-corrected chi connectivity index (χ2v) is 9.22. The predicted octanol–water partition coefficient (Wildman–Crippen LogP) is 4.89. The summed E-state index contributed by atoms with van der Waals surface area (Å²) in [6.45, 7) is 3.53. The molecule has 0 amide bonds. The molecule has 5 heteroatoms. The first-order chi connectivity index (χ1) is 14.9. The molecular formula is C26H29FN2O2. The lowest BCUT2D eigenvalue weighted by molar-refractivity contribution is -0.149. The molecule has 2 atom stereocenters. The summed E-state index contributed by atoms with van der Waals surface area (Å²) in [7, 11) is 0. The molecule has 162 valence electrons. The SMILES string of the molecule is C[C@@H]1CN(C2CCC(C#N)(c3ccc(F)cc3)CC2)CCC1(C(=O)O)c1ccccc1. The van der Waals surface area contributed by atoms with Crippen molar-refractivity contribution in [2.24, 2.45) is 5.92 Å². The molecular weight excluding hydrogens is 391 g/mol. The Morgan fingerprint density at radius 1 is 1.06 bits per heavy atom. The number of aliphatic carboxylic acids is 1. The van der Waals surface area contributed by atoms with E-state index in [0.29, 0.717) is 12.5 Å². The molecule has 1 saturated carbocycles. The molecule has 0 bridgehead atoms. The van der Waals surface area contributed by atoms with Crippen molar-refractivity contribution in [3.8, 4) is 6.07 Å². The quantitative estimate of drug-likeness (QED) is 0.765. The van der Waals surface area contributed by atoms with Crippen LogP contribution in [0.15, 0.2) is 54.6 Å². The third kappa shape index (κ3) is 3.74. The third-order valence-corrected chi connectivity index (χ3v) is 7.75. The van der Waals surface area contributed by atoms with E-state index in [9.17, 15) is 19.6 Å². The van der Waals surface area contributed by atoms with Gasteiger partial charge in [-0.05, 0) is 67.8 Å². The van der Waals surface area contributed by atoms with Crippen LogP contribution >= 0.6 is 0 Å². The Hall–Kier alpha value is -2.71. The first-order valence-corrected chi connectivity index (χ1v) is 11.1. The highest BCUT2D eigenvalue weighted by atomic mass is 19.1. The Labute approximate surface area is 183 Å². The number of hydrogen-bond acceptors (Lipinski definition) is 3. The Bertz CT molecular complexity index is 961. The van der Waals surface area contributed by atoms with Gasteiger partial charge in [0.05, 0.1) is 16.9 Å². The minimum atomic E-state index is -0.850. The number of piperidine rings is 1. The average molecular weight is 421 g/mol. The molecule has 2 aromatic rings. The van der Waals surface area contributed by atoms with E-state index in [1.807, 2.05) is 37.3 Å². The maximum atomic E-state index is 13.3. The number of benzene rings is 2. The van der Waals surface area contributed by atoms with Crippen molar-refractivity contribution in [1.82, 2.24) is 4.90 Å². The minimum absolute atomic E-state index is 0.0131. The normalized spacial score (nSPS) is 31.6. The number of carboxylic acids is 1. The van der Waals surface area contributed by atoms with Gasteiger partial charge in [-0.2, -0.15) is 5.26 Å². The molecule has 1 aliphatic carbocycles. The lowest BCUT2D eigenvalue weighted by Crippen LogP contribution is -2.56. The Balaban J connectivity index is 1.47. The van der Waals surface area contributed by atoms with Crippen LogP contribution in [-0.2, 0) is 15.6 Å². The molecule has 4 rings (SSSR count). The standard InChI is InChI=1S/C26H29FN2O2/c1-19-17-29(16-15-26(19,24(30)31)21-5-3-2-4-6-21)23-11-13-25(18-28,14-12-23)20-7-9-22(27)10-8-20/h2-10,19,23H,11-17H2,1H3,(H,30,31)/t19-,23?,25?,26?/m1/s1. The highest BCUT2D eigenvalue weighted by Gasteiger charge is 2.50. The number of halogens is 1. The molecule has 1 unspecified atom stereocenters. The zero-order valence-corrected chi connectivity index (χ0v) is 17.9. The van der Waals surface area contributed by atoms with Gasteiger partial charge in [-0.15, -0.1) is 0 Å². The summed E-state index contributed by atoms with van der Waals surface area (Å²) in [5, 5.41) is 20.1. The van der Waals surface area contributed by atoms with Crippen molar-refractivity contribution in [3.05, 3.63) is 71.5 Å². The van der Waals surface area contributed by atoms with Crippen molar-refractivity contribution in [3.63, 3.8) is 0 Å². The summed E-state index contributed by atoms with van der Waals surface area (Å²) in [5.74, 6) is -1.04. The average Bonchev–Trinajstić information content (AvgIpc) is 2.80. The molecule has 1 heterocycles. The zero-order chi connectivity index (χ0) is 22.1. The van der Waals surface area contributed by atoms with Gasteiger partial charge in [0, 0.05) is 12.6 Å². The Morgan fingerprint density at radius 2 is 1.71 bits per heavy atom. The van der Waals surface area contributed by atoms with Crippen LogP contribution in [0.3, 0.4) is 0 Å². The summed E-state index contributed by atoms with van der Waals surface area (Å²) in [6.07, 6.45) is 3.86. The fraction of sp³-hybridized carbons (Fsp3) is 0.462. The number of nitrogens with zero attached hydrogens (tertiary/aromatic N) is 2. The van der Waals surface area contributed by atoms with Crippen LogP contribution in [0, 0.1) is 23.1 Å². The van der Waals surface area contributed by atoms with E-state index in [4.69, 9.17) is 0 Å². The van der Waals surface area contributed by atoms with Crippen LogP contribution in [0.2, 0.25) is 0 Å². The predicted molar refractivity (Wildman–Crippen MR) is 117 cm³/mol. The van der Waals surface area contributed by atoms with E-state index in [2.05, 4.69) is 11.0 Å². The number of hydrogen-bond donors (Lipinski definition) is 1. The third-order valence-electron chi connectivity index (χ3n) is 7.75. The summed E-state index contributed by atoms with van der Waals surface area (Å²) < 4.78 is 13.3. The number of nitriles is 1. The van der Waals surface area contributed by atoms with Crippen molar-refractivity contribution >= 4 is 5.97 Å². The van der Waals surface area contributed by atoms with Crippen LogP contribution in [0.5, 0.6) is 0 Å². The molecule has 0 spiro atoms. The molecule has 2 aromatic carbocycles. The van der Waals surface area contributed by atoms with Crippen LogP contribution < -0.4 is 0 Å². The number of carbonyl (C=O) groups is 1. The lowest BCUT2D eigenvalue weighted by atomic mass is 9.65. The summed E-state index contributed by atoms with van der Waals surface area (Å²) in [4.78, 5) is 14.8. The van der Waals surface area contributed by atoms with Crippen LogP contribution in [0.4, 0.5) is 4.39 Å². The fourth-order valence-corrected chi connectivity index (χ4v) is 5.80. The van der Waals surface area contributed by atoms with Crippen molar-refractivity contribution in [2.45, 2.75) is 55.9 Å². The van der Waals surface area contributed by atoms with Gasteiger partial charge in [-0.25, -0.2) is 4.39 Å². The minimum Gasteiger partial charge on any atom is -0.481 e. The van der Waals surface area contributed by atoms with E-state index in [-0.39, 0.29) is 11.7 Å². The van der Waals surface area contributed by atoms with Crippen molar-refractivity contribution < 1.29 is 14.3 Å². The number of carboxylic acid groups (broad SMARTS) is 1. The van der Waals surface area contributed by atoms with Gasteiger partial charge >= 0.3 is 5.97 Å². The highest BCUT2D eigenvalue weighted by molar-refractivity contribution is 5.82. The van der Waals surface area contributed by atoms with E-state index in [1.165, 1.54) is 12.1 Å². The van der Waals surface area contributed by atoms with Crippen molar-refractivity contribution in [1.29, 1.82) is 5.26 Å². The van der Waals surface area contributed by atoms with Gasteiger partial charge in [-0.3, -0.25) is 4.79 Å². The smallest absolute Gasteiger partial charge is 0.314 e. The molecule has 0 radical (unpaired) electrons. The largest absolute Gasteiger partial charge is 0.481 e. The second-order valence-electron chi connectivity index (χ2n) is 9.22. The topological polar surface area (TPSA) is 64.3 Å². The summed E-state index contributed by atoms with van der Waals surface area (Å²) in [5.41, 5.74) is 0.381. The van der Waals surface area contributed by atoms with E-state index in [0.717, 1.165) is 49.9 Å². The number of rotatable bonds is 4. The molecule has 1 aliphatic heterocycles. The zero-order valence-electron chi connectivity index (χ0n) is 17.9. The van der Waals surface area contributed by atoms with Gasteiger partial charge < -0.3 is 10.0 Å².